The Bertz CT molecular complexity index is 1010. The maximum Gasteiger partial charge on any atom is 0.416 e. The van der Waals surface area contributed by atoms with E-state index >= 15 is 0 Å². The van der Waals surface area contributed by atoms with Gasteiger partial charge in [0, 0.05) is 51.5 Å². The molecule has 36 heavy (non-hydrogen) atoms. The zero-order valence-corrected chi connectivity index (χ0v) is 20.8. The molecule has 0 aliphatic carbocycles. The highest BCUT2D eigenvalue weighted by molar-refractivity contribution is 5.95. The van der Waals surface area contributed by atoms with Gasteiger partial charge in [-0.25, -0.2) is 14.4 Å². The second-order valence-corrected chi connectivity index (χ2v) is 8.76. The Labute approximate surface area is 208 Å². The lowest BCUT2D eigenvalue weighted by atomic mass is 9.93. The summed E-state index contributed by atoms with van der Waals surface area (Å²) < 4.78 is 44.5. The summed E-state index contributed by atoms with van der Waals surface area (Å²) in [6, 6.07) is 2.63. The zero-order chi connectivity index (χ0) is 26.6. The van der Waals surface area contributed by atoms with Crippen LogP contribution >= 0.6 is 0 Å². The van der Waals surface area contributed by atoms with Crippen molar-refractivity contribution in [2.24, 2.45) is 0 Å². The Morgan fingerprint density at radius 1 is 1.17 bits per heavy atom. The number of benzene rings is 1. The van der Waals surface area contributed by atoms with E-state index in [2.05, 4.69) is 10.6 Å². The highest BCUT2D eigenvalue weighted by Gasteiger charge is 2.39. The van der Waals surface area contributed by atoms with E-state index in [1.165, 1.54) is 24.1 Å². The van der Waals surface area contributed by atoms with E-state index in [0.717, 1.165) is 12.1 Å². The molecule has 0 radical (unpaired) electrons. The van der Waals surface area contributed by atoms with Gasteiger partial charge in [-0.2, -0.15) is 13.2 Å². The number of ether oxygens (including phenoxy) is 1. The first kappa shape index (κ1) is 27.3. The number of likely N-dealkylation sites (N-methyl/N-ethyl adjacent to an activating group) is 1. The summed E-state index contributed by atoms with van der Waals surface area (Å²) >= 11 is 0. The lowest BCUT2D eigenvalue weighted by Crippen LogP contribution is -2.57. The molecule has 2 heterocycles. The van der Waals surface area contributed by atoms with Crippen molar-refractivity contribution in [3.8, 4) is 0 Å². The summed E-state index contributed by atoms with van der Waals surface area (Å²) in [6.07, 6.45) is -4.51. The smallest absolute Gasteiger partial charge is 0.416 e. The molecule has 3 rings (SSSR count). The van der Waals surface area contributed by atoms with Gasteiger partial charge >= 0.3 is 24.2 Å². The van der Waals surface area contributed by atoms with Crippen LogP contribution in [0.15, 0.2) is 35.5 Å². The van der Waals surface area contributed by atoms with Crippen molar-refractivity contribution in [3.05, 3.63) is 46.7 Å². The van der Waals surface area contributed by atoms with Crippen LogP contribution in [0.3, 0.4) is 0 Å². The van der Waals surface area contributed by atoms with Gasteiger partial charge in [-0.1, -0.05) is 12.1 Å². The van der Waals surface area contributed by atoms with Crippen molar-refractivity contribution in [3.63, 3.8) is 0 Å². The summed E-state index contributed by atoms with van der Waals surface area (Å²) in [5.41, 5.74) is 0.0732. The normalized spacial score (nSPS) is 21.4. The maximum absolute atomic E-state index is 13.1. The Balaban J connectivity index is 1.94. The number of alkyl halides is 3. The number of nitrogens with zero attached hydrogens (tertiary/aromatic N) is 3. The number of amides is 4. The highest BCUT2D eigenvalue weighted by atomic mass is 19.4. The van der Waals surface area contributed by atoms with Crippen molar-refractivity contribution >= 4 is 18.0 Å². The van der Waals surface area contributed by atoms with Gasteiger partial charge in [0.05, 0.1) is 23.8 Å². The molecule has 0 saturated carbocycles. The monoisotopic (exact) mass is 511 g/mol. The van der Waals surface area contributed by atoms with E-state index in [1.807, 2.05) is 18.7 Å². The number of esters is 1. The average Bonchev–Trinajstić information content (AvgIpc) is 2.81. The molecule has 0 spiro atoms. The van der Waals surface area contributed by atoms with E-state index < -0.39 is 29.8 Å². The predicted octanol–water partition coefficient (Wildman–Crippen LogP) is 2.95. The van der Waals surface area contributed by atoms with Crippen LogP contribution in [-0.4, -0.2) is 85.2 Å². The van der Waals surface area contributed by atoms with Crippen molar-refractivity contribution in [1.29, 1.82) is 0 Å². The third-order valence-electron chi connectivity index (χ3n) is 6.32. The fourth-order valence-electron chi connectivity index (χ4n) is 4.46. The Morgan fingerprint density at radius 3 is 2.39 bits per heavy atom. The largest absolute Gasteiger partial charge is 0.463 e. The highest BCUT2D eigenvalue weighted by Crippen LogP contribution is 2.34. The summed E-state index contributed by atoms with van der Waals surface area (Å²) in [5, 5.41) is 5.50. The van der Waals surface area contributed by atoms with E-state index in [4.69, 9.17) is 4.74 Å². The van der Waals surface area contributed by atoms with Crippen LogP contribution in [0.4, 0.5) is 22.8 Å². The maximum atomic E-state index is 13.1. The van der Waals surface area contributed by atoms with Crippen LogP contribution < -0.4 is 10.6 Å². The molecule has 1 aromatic carbocycles. The van der Waals surface area contributed by atoms with Crippen LogP contribution in [0.2, 0.25) is 0 Å². The van der Waals surface area contributed by atoms with E-state index in [1.54, 1.807) is 11.8 Å². The SMILES string of the molecule is CCNC(=O)N1CCN(CC2=C(C(=O)OCC)[C@@H](c3ccc(C(F)(F)F)cc3)NC(=O)N2C)C[C@H]1C. The van der Waals surface area contributed by atoms with Crippen LogP contribution in [0.1, 0.15) is 37.9 Å². The lowest BCUT2D eigenvalue weighted by molar-refractivity contribution is -0.139. The number of carbonyl (C=O) groups is 3. The summed E-state index contributed by atoms with van der Waals surface area (Å²) in [4.78, 5) is 43.3. The average molecular weight is 512 g/mol. The minimum absolute atomic E-state index is 0.0925. The van der Waals surface area contributed by atoms with Crippen LogP contribution in [0.5, 0.6) is 0 Å². The van der Waals surface area contributed by atoms with Gasteiger partial charge in [-0.3, -0.25) is 9.80 Å². The Morgan fingerprint density at radius 2 is 1.83 bits per heavy atom. The second-order valence-electron chi connectivity index (χ2n) is 8.76. The van der Waals surface area contributed by atoms with Gasteiger partial charge in [-0.15, -0.1) is 0 Å². The number of carbonyl (C=O) groups excluding carboxylic acids is 3. The topological polar surface area (TPSA) is 94.2 Å². The Hall–Kier alpha value is -3.28. The minimum atomic E-state index is -4.51. The van der Waals surface area contributed by atoms with Gasteiger partial charge in [0.25, 0.3) is 0 Å². The molecule has 2 N–H and O–H groups in total. The third kappa shape index (κ3) is 5.92. The third-order valence-corrected chi connectivity index (χ3v) is 6.32. The summed E-state index contributed by atoms with van der Waals surface area (Å²) in [5.74, 6) is -0.654. The number of hydrogen-bond donors (Lipinski definition) is 2. The standard InChI is InChI=1S/C24H32F3N5O4/c1-5-28-22(34)32-12-11-31(13-15(32)3)14-18-19(21(33)36-6-2)20(29-23(35)30(18)4)16-7-9-17(10-8-16)24(25,26)27/h7-10,15,20H,5-6,11-14H2,1-4H3,(H,28,34)(H,29,35)/t15-,20-/m1/s1. The van der Waals surface area contributed by atoms with Crippen molar-refractivity contribution in [2.45, 2.75) is 39.0 Å². The fraction of sp³-hybridized carbons (Fsp3) is 0.542. The molecule has 2 aliphatic heterocycles. The molecule has 1 saturated heterocycles. The van der Waals surface area contributed by atoms with Crippen molar-refractivity contribution in [1.82, 2.24) is 25.3 Å². The van der Waals surface area contributed by atoms with Gasteiger partial charge in [0.1, 0.15) is 0 Å². The molecule has 4 amide bonds. The van der Waals surface area contributed by atoms with Crippen LogP contribution in [0.25, 0.3) is 0 Å². The molecule has 9 nitrogen and oxygen atoms in total. The van der Waals surface area contributed by atoms with Crippen LogP contribution in [0, 0.1) is 0 Å². The number of piperazine rings is 1. The lowest BCUT2D eigenvalue weighted by Gasteiger charge is -2.42. The molecule has 1 aromatic rings. The molecular formula is C24H32F3N5O4. The predicted molar refractivity (Wildman–Crippen MR) is 126 cm³/mol. The molecule has 0 unspecified atom stereocenters. The first-order valence-corrected chi connectivity index (χ1v) is 11.9. The summed E-state index contributed by atoms with van der Waals surface area (Å²) in [6.45, 7) is 7.75. The summed E-state index contributed by atoms with van der Waals surface area (Å²) in [7, 11) is 1.53. The first-order chi connectivity index (χ1) is 17.0. The van der Waals surface area contributed by atoms with Gasteiger partial charge in [-0.05, 0) is 38.5 Å². The second kappa shape index (κ2) is 11.2. The molecule has 2 atom stereocenters. The van der Waals surface area contributed by atoms with Gasteiger partial charge in [0.2, 0.25) is 0 Å². The quantitative estimate of drug-likeness (QED) is 0.573. The van der Waals surface area contributed by atoms with Gasteiger partial charge < -0.3 is 20.3 Å². The molecule has 0 aromatic heterocycles. The van der Waals surface area contributed by atoms with Gasteiger partial charge in [0.15, 0.2) is 0 Å². The molecule has 198 valence electrons. The van der Waals surface area contributed by atoms with E-state index in [9.17, 15) is 27.6 Å². The van der Waals surface area contributed by atoms with Crippen LogP contribution in [-0.2, 0) is 15.7 Å². The number of hydrogen-bond acceptors (Lipinski definition) is 5. The minimum Gasteiger partial charge on any atom is -0.463 e. The number of halogens is 3. The zero-order valence-electron chi connectivity index (χ0n) is 20.8. The number of urea groups is 2. The molecule has 1 fully saturated rings. The van der Waals surface area contributed by atoms with Crippen molar-refractivity contribution < 1.29 is 32.3 Å². The molecule has 12 heteroatoms. The molecule has 2 aliphatic rings. The molecule has 0 bridgehead atoms. The first-order valence-electron chi connectivity index (χ1n) is 11.9. The van der Waals surface area contributed by atoms with Crippen molar-refractivity contribution in [2.75, 3.05) is 46.4 Å². The number of nitrogens with one attached hydrogen (secondary N) is 2. The number of rotatable bonds is 6. The fourth-order valence-corrected chi connectivity index (χ4v) is 4.46. The molecular weight excluding hydrogens is 479 g/mol. The Kier molecular flexibility index (Phi) is 8.49. The van der Waals surface area contributed by atoms with E-state index in [-0.39, 0.29) is 30.8 Å². The van der Waals surface area contributed by atoms with E-state index in [0.29, 0.717) is 37.4 Å².